The van der Waals surface area contributed by atoms with E-state index in [1.165, 1.54) is 24.8 Å². The number of rotatable bonds is 8. The number of aryl methyl sites for hydroxylation is 1. The standard InChI is InChI=1S/C22H33N5O/c1-17-20(18(2)27(26-17)19-9-6-5-7-10-19)15-24-21(23-3)25-16-22(11-8-12-22)13-14-28-4/h5-7,9-10H,8,11-16H2,1-4H3,(H2,23,24,25). The van der Waals surface area contributed by atoms with Crippen LogP contribution in [0.2, 0.25) is 0 Å². The molecule has 0 atom stereocenters. The van der Waals surface area contributed by atoms with Crippen molar-refractivity contribution in [2.45, 2.75) is 46.1 Å². The molecule has 1 saturated carbocycles. The van der Waals surface area contributed by atoms with Gasteiger partial charge in [-0.15, -0.1) is 0 Å². The van der Waals surface area contributed by atoms with Crippen LogP contribution in [-0.2, 0) is 11.3 Å². The number of aromatic nitrogens is 2. The molecule has 1 heterocycles. The van der Waals surface area contributed by atoms with Crippen molar-refractivity contribution >= 4 is 5.96 Å². The van der Waals surface area contributed by atoms with Gasteiger partial charge in [0.25, 0.3) is 0 Å². The number of hydrogen-bond acceptors (Lipinski definition) is 3. The molecule has 1 aromatic heterocycles. The molecule has 28 heavy (non-hydrogen) atoms. The van der Waals surface area contributed by atoms with Gasteiger partial charge < -0.3 is 15.4 Å². The number of nitrogens with zero attached hydrogens (tertiary/aromatic N) is 3. The monoisotopic (exact) mass is 383 g/mol. The van der Waals surface area contributed by atoms with Crippen molar-refractivity contribution in [1.29, 1.82) is 0 Å². The molecule has 0 saturated heterocycles. The van der Waals surface area contributed by atoms with Crippen LogP contribution >= 0.6 is 0 Å². The van der Waals surface area contributed by atoms with Gasteiger partial charge in [0.1, 0.15) is 0 Å². The van der Waals surface area contributed by atoms with E-state index in [0.29, 0.717) is 12.0 Å². The van der Waals surface area contributed by atoms with Gasteiger partial charge in [0.15, 0.2) is 5.96 Å². The second-order valence-corrected chi connectivity index (χ2v) is 7.77. The topological polar surface area (TPSA) is 63.5 Å². The first kappa shape index (κ1) is 20.4. The second kappa shape index (κ2) is 9.24. The van der Waals surface area contributed by atoms with Crippen LogP contribution in [0.3, 0.4) is 0 Å². The summed E-state index contributed by atoms with van der Waals surface area (Å²) in [5.41, 5.74) is 4.85. The minimum absolute atomic E-state index is 0.359. The van der Waals surface area contributed by atoms with E-state index < -0.39 is 0 Å². The normalized spacial score (nSPS) is 15.9. The first-order valence-corrected chi connectivity index (χ1v) is 10.1. The van der Waals surface area contributed by atoms with Crippen LogP contribution in [0.1, 0.15) is 42.6 Å². The van der Waals surface area contributed by atoms with Crippen molar-refractivity contribution in [3.8, 4) is 5.69 Å². The largest absolute Gasteiger partial charge is 0.385 e. The van der Waals surface area contributed by atoms with Gasteiger partial charge >= 0.3 is 0 Å². The molecule has 6 heteroatoms. The summed E-state index contributed by atoms with van der Waals surface area (Å²) < 4.78 is 7.30. The number of nitrogens with one attached hydrogen (secondary N) is 2. The fourth-order valence-electron chi connectivity index (χ4n) is 3.93. The number of benzene rings is 1. The number of para-hydroxylation sites is 1. The molecule has 0 unspecified atom stereocenters. The molecule has 1 aliphatic carbocycles. The van der Waals surface area contributed by atoms with Crippen molar-refractivity contribution in [2.75, 3.05) is 27.3 Å². The van der Waals surface area contributed by atoms with Crippen molar-refractivity contribution in [1.82, 2.24) is 20.4 Å². The van der Waals surface area contributed by atoms with Crippen LogP contribution in [0.5, 0.6) is 0 Å². The van der Waals surface area contributed by atoms with E-state index in [9.17, 15) is 0 Å². The highest BCUT2D eigenvalue weighted by Gasteiger charge is 2.36. The predicted molar refractivity (Wildman–Crippen MR) is 114 cm³/mol. The number of hydrogen-bond donors (Lipinski definition) is 2. The first-order valence-electron chi connectivity index (χ1n) is 10.1. The van der Waals surface area contributed by atoms with Crippen LogP contribution in [0, 0.1) is 19.3 Å². The third-order valence-corrected chi connectivity index (χ3v) is 5.98. The zero-order chi connectivity index (χ0) is 20.0. The summed E-state index contributed by atoms with van der Waals surface area (Å²) in [5.74, 6) is 0.843. The molecule has 1 aliphatic rings. The second-order valence-electron chi connectivity index (χ2n) is 7.77. The van der Waals surface area contributed by atoms with Crippen LogP contribution in [0.25, 0.3) is 5.69 Å². The van der Waals surface area contributed by atoms with Gasteiger partial charge in [-0.1, -0.05) is 24.6 Å². The van der Waals surface area contributed by atoms with Gasteiger partial charge in [0.2, 0.25) is 0 Å². The van der Waals surface area contributed by atoms with E-state index in [1.807, 2.05) is 29.9 Å². The molecular weight excluding hydrogens is 350 g/mol. The molecule has 3 rings (SSSR count). The third kappa shape index (κ3) is 4.55. The Bertz CT molecular complexity index is 793. The third-order valence-electron chi connectivity index (χ3n) is 5.98. The highest BCUT2D eigenvalue weighted by Crippen LogP contribution is 2.43. The van der Waals surface area contributed by atoms with Gasteiger partial charge in [-0.25, -0.2) is 4.68 Å². The molecule has 6 nitrogen and oxygen atoms in total. The molecule has 1 aromatic carbocycles. The van der Waals surface area contributed by atoms with E-state index >= 15 is 0 Å². The van der Waals surface area contributed by atoms with Gasteiger partial charge in [-0.3, -0.25) is 4.99 Å². The zero-order valence-electron chi connectivity index (χ0n) is 17.6. The van der Waals surface area contributed by atoms with Gasteiger partial charge in [-0.2, -0.15) is 5.10 Å². The Morgan fingerprint density at radius 3 is 2.57 bits per heavy atom. The number of methoxy groups -OCH3 is 1. The lowest BCUT2D eigenvalue weighted by molar-refractivity contribution is 0.0732. The smallest absolute Gasteiger partial charge is 0.191 e. The maximum absolute atomic E-state index is 5.29. The fourth-order valence-corrected chi connectivity index (χ4v) is 3.93. The Balaban J connectivity index is 1.60. The van der Waals surface area contributed by atoms with E-state index in [-0.39, 0.29) is 0 Å². The summed E-state index contributed by atoms with van der Waals surface area (Å²) in [6.45, 7) is 6.65. The zero-order valence-corrected chi connectivity index (χ0v) is 17.6. The van der Waals surface area contributed by atoms with Crippen molar-refractivity contribution in [3.63, 3.8) is 0 Å². The maximum Gasteiger partial charge on any atom is 0.191 e. The molecule has 0 spiro atoms. The lowest BCUT2D eigenvalue weighted by Gasteiger charge is -2.42. The van der Waals surface area contributed by atoms with Gasteiger partial charge in [0.05, 0.1) is 11.4 Å². The van der Waals surface area contributed by atoms with Crippen LogP contribution in [0.15, 0.2) is 35.3 Å². The van der Waals surface area contributed by atoms with E-state index in [4.69, 9.17) is 9.84 Å². The summed E-state index contributed by atoms with van der Waals surface area (Å²) in [6.07, 6.45) is 4.95. The predicted octanol–water partition coefficient (Wildman–Crippen LogP) is 3.36. The molecule has 2 N–H and O–H groups in total. The van der Waals surface area contributed by atoms with Crippen molar-refractivity contribution in [2.24, 2.45) is 10.4 Å². The minimum Gasteiger partial charge on any atom is -0.385 e. The summed E-state index contributed by atoms with van der Waals surface area (Å²) in [7, 11) is 3.60. The molecule has 0 bridgehead atoms. The van der Waals surface area contributed by atoms with Crippen LogP contribution < -0.4 is 10.6 Å². The molecule has 0 radical (unpaired) electrons. The Labute approximate surface area is 168 Å². The van der Waals surface area contributed by atoms with Crippen molar-refractivity contribution < 1.29 is 4.74 Å². The Hall–Kier alpha value is -2.34. The molecule has 152 valence electrons. The quantitative estimate of drug-likeness (QED) is 0.542. The lowest BCUT2D eigenvalue weighted by Crippen LogP contribution is -2.46. The van der Waals surface area contributed by atoms with Crippen LogP contribution in [0.4, 0.5) is 0 Å². The fraction of sp³-hybridized carbons (Fsp3) is 0.545. The molecule has 0 amide bonds. The summed E-state index contributed by atoms with van der Waals surface area (Å²) in [5, 5.41) is 11.7. The van der Waals surface area contributed by atoms with Crippen LogP contribution in [-0.4, -0.2) is 43.0 Å². The van der Waals surface area contributed by atoms with E-state index in [2.05, 4.69) is 41.6 Å². The molecule has 2 aromatic rings. The number of aliphatic imine (C=N–C) groups is 1. The molecular formula is C22H33N5O. The van der Waals surface area contributed by atoms with Gasteiger partial charge in [-0.05, 0) is 50.7 Å². The number of guanidine groups is 1. The summed E-state index contributed by atoms with van der Waals surface area (Å²) in [4.78, 5) is 4.41. The highest BCUT2D eigenvalue weighted by atomic mass is 16.5. The summed E-state index contributed by atoms with van der Waals surface area (Å²) >= 11 is 0. The Morgan fingerprint density at radius 1 is 1.21 bits per heavy atom. The summed E-state index contributed by atoms with van der Waals surface area (Å²) in [6, 6.07) is 10.3. The average Bonchev–Trinajstić information content (AvgIpc) is 2.97. The van der Waals surface area contributed by atoms with Crippen molar-refractivity contribution in [3.05, 3.63) is 47.3 Å². The van der Waals surface area contributed by atoms with Gasteiger partial charge in [0, 0.05) is 45.1 Å². The van der Waals surface area contributed by atoms with E-state index in [0.717, 1.165) is 42.6 Å². The van der Waals surface area contributed by atoms with E-state index in [1.54, 1.807) is 7.11 Å². The Morgan fingerprint density at radius 2 is 1.96 bits per heavy atom. The Kier molecular flexibility index (Phi) is 6.73. The molecule has 0 aliphatic heterocycles. The molecule has 1 fully saturated rings. The highest BCUT2D eigenvalue weighted by molar-refractivity contribution is 5.79. The SMILES string of the molecule is CN=C(NCc1c(C)nn(-c2ccccc2)c1C)NCC1(CCOC)CCC1. The average molecular weight is 384 g/mol. The first-order chi connectivity index (χ1) is 13.6. The number of ether oxygens (including phenoxy) is 1. The minimum atomic E-state index is 0.359. The lowest BCUT2D eigenvalue weighted by atomic mass is 9.67. The maximum atomic E-state index is 5.29.